The molecule has 0 saturated heterocycles. The standard InChI is InChI=1S/C17H20F3N5S/c1-24(2)8-3-4-9-25-14-6-5-12(17(18,19)20)11-13(14)15(23-25)22-16-21-7-10-26-16/h5-7,10-11H,3-4,8-9H2,1-2H3,(H,21,22,23). The third-order valence-electron chi connectivity index (χ3n) is 3.96. The SMILES string of the molecule is CN(C)CCCCn1nc(Nc2nccs2)c2cc(C(F)(F)F)ccc21. The zero-order valence-corrected chi connectivity index (χ0v) is 15.4. The fourth-order valence-electron chi connectivity index (χ4n) is 2.69. The Balaban J connectivity index is 1.91. The highest BCUT2D eigenvalue weighted by Gasteiger charge is 2.31. The van der Waals surface area contributed by atoms with Gasteiger partial charge in [0.2, 0.25) is 0 Å². The molecule has 0 spiro atoms. The van der Waals surface area contributed by atoms with Crippen molar-refractivity contribution in [2.45, 2.75) is 25.6 Å². The lowest BCUT2D eigenvalue weighted by Crippen LogP contribution is -2.13. The largest absolute Gasteiger partial charge is 0.416 e. The lowest BCUT2D eigenvalue weighted by Gasteiger charge is -2.09. The van der Waals surface area contributed by atoms with Crippen molar-refractivity contribution in [2.24, 2.45) is 0 Å². The van der Waals surface area contributed by atoms with Gasteiger partial charge in [0.25, 0.3) is 0 Å². The smallest absolute Gasteiger partial charge is 0.314 e. The number of rotatable bonds is 7. The molecule has 0 aliphatic rings. The van der Waals surface area contributed by atoms with Crippen LogP contribution in [0.15, 0.2) is 29.8 Å². The Bertz CT molecular complexity index is 855. The first-order valence-electron chi connectivity index (χ1n) is 8.23. The van der Waals surface area contributed by atoms with E-state index in [1.807, 2.05) is 14.1 Å². The van der Waals surface area contributed by atoms with Crippen molar-refractivity contribution in [3.63, 3.8) is 0 Å². The van der Waals surface area contributed by atoms with Gasteiger partial charge in [0, 0.05) is 23.5 Å². The van der Waals surface area contributed by atoms with Gasteiger partial charge < -0.3 is 10.2 Å². The predicted octanol–water partition coefficient (Wildman–Crippen LogP) is 4.60. The molecule has 2 aromatic heterocycles. The maximum absolute atomic E-state index is 13.1. The Hall–Kier alpha value is -2.13. The summed E-state index contributed by atoms with van der Waals surface area (Å²) in [6.07, 6.45) is -0.869. The maximum Gasteiger partial charge on any atom is 0.416 e. The van der Waals surface area contributed by atoms with Crippen LogP contribution < -0.4 is 5.32 Å². The summed E-state index contributed by atoms with van der Waals surface area (Å²) in [6.45, 7) is 1.61. The molecule has 0 bridgehead atoms. The molecular formula is C17H20F3N5S. The summed E-state index contributed by atoms with van der Waals surface area (Å²) in [5.74, 6) is 0.397. The average Bonchev–Trinajstić information content (AvgIpc) is 3.19. The number of thiazole rings is 1. The highest BCUT2D eigenvalue weighted by atomic mass is 32.1. The summed E-state index contributed by atoms with van der Waals surface area (Å²) in [4.78, 5) is 6.23. The monoisotopic (exact) mass is 383 g/mol. The summed E-state index contributed by atoms with van der Waals surface area (Å²) in [5.41, 5.74) is 0.00116. The molecule has 3 aromatic rings. The first-order chi connectivity index (χ1) is 12.3. The van der Waals surface area contributed by atoms with Crippen LogP contribution in [-0.4, -0.2) is 40.3 Å². The van der Waals surface area contributed by atoms with Crippen LogP contribution in [-0.2, 0) is 12.7 Å². The molecule has 0 aliphatic carbocycles. The number of nitrogens with one attached hydrogen (secondary N) is 1. The molecule has 140 valence electrons. The topological polar surface area (TPSA) is 46.0 Å². The summed E-state index contributed by atoms with van der Waals surface area (Å²) in [7, 11) is 4.02. The van der Waals surface area contributed by atoms with E-state index in [0.717, 1.165) is 31.5 Å². The third-order valence-corrected chi connectivity index (χ3v) is 4.65. The Morgan fingerprint density at radius 2 is 2.04 bits per heavy atom. The van der Waals surface area contributed by atoms with E-state index in [-0.39, 0.29) is 0 Å². The van der Waals surface area contributed by atoms with Gasteiger partial charge in [0.1, 0.15) is 0 Å². The van der Waals surface area contributed by atoms with E-state index in [9.17, 15) is 13.2 Å². The van der Waals surface area contributed by atoms with Crippen molar-refractivity contribution in [3.05, 3.63) is 35.3 Å². The zero-order valence-electron chi connectivity index (χ0n) is 14.5. The number of anilines is 2. The predicted molar refractivity (Wildman–Crippen MR) is 97.9 cm³/mol. The Morgan fingerprint density at radius 1 is 1.23 bits per heavy atom. The quantitative estimate of drug-likeness (QED) is 0.606. The second kappa shape index (κ2) is 7.63. The highest BCUT2D eigenvalue weighted by molar-refractivity contribution is 7.13. The molecule has 0 unspecified atom stereocenters. The molecule has 1 aromatic carbocycles. The van der Waals surface area contributed by atoms with Crippen molar-refractivity contribution in [2.75, 3.05) is 26.0 Å². The van der Waals surface area contributed by atoms with E-state index in [1.165, 1.54) is 17.4 Å². The number of hydrogen-bond acceptors (Lipinski definition) is 5. The molecule has 0 radical (unpaired) electrons. The van der Waals surface area contributed by atoms with Gasteiger partial charge in [0.05, 0.1) is 11.1 Å². The van der Waals surface area contributed by atoms with E-state index in [1.54, 1.807) is 16.3 Å². The Kier molecular flexibility index (Phi) is 5.47. The van der Waals surface area contributed by atoms with E-state index in [2.05, 4.69) is 20.3 Å². The number of halogens is 3. The number of hydrogen-bond donors (Lipinski definition) is 1. The molecule has 0 fully saturated rings. The summed E-state index contributed by atoms with van der Waals surface area (Å²) in [5, 5.41) is 10.4. The van der Waals surface area contributed by atoms with Crippen molar-refractivity contribution >= 4 is 33.2 Å². The normalized spacial score (nSPS) is 12.2. The molecule has 1 N–H and O–H groups in total. The van der Waals surface area contributed by atoms with Gasteiger partial charge in [-0.1, -0.05) is 0 Å². The number of fused-ring (bicyclic) bond motifs is 1. The lowest BCUT2D eigenvalue weighted by molar-refractivity contribution is -0.137. The van der Waals surface area contributed by atoms with Gasteiger partial charge in [-0.3, -0.25) is 4.68 Å². The minimum absolute atomic E-state index is 0.397. The van der Waals surface area contributed by atoms with Crippen LogP contribution in [0.2, 0.25) is 0 Å². The third kappa shape index (κ3) is 4.34. The minimum atomic E-state index is -4.39. The summed E-state index contributed by atoms with van der Waals surface area (Å²) >= 11 is 1.37. The molecule has 26 heavy (non-hydrogen) atoms. The number of nitrogens with zero attached hydrogens (tertiary/aromatic N) is 4. The first kappa shape index (κ1) is 18.7. The van der Waals surface area contributed by atoms with Crippen LogP contribution in [0, 0.1) is 0 Å². The highest BCUT2D eigenvalue weighted by Crippen LogP contribution is 2.34. The van der Waals surface area contributed by atoms with Gasteiger partial charge in [-0.05, 0) is 51.7 Å². The molecule has 3 rings (SSSR count). The number of aryl methyl sites for hydroxylation is 1. The van der Waals surface area contributed by atoms with Crippen molar-refractivity contribution in [1.29, 1.82) is 0 Å². The second-order valence-corrected chi connectivity index (χ2v) is 7.17. The molecule has 2 heterocycles. The molecular weight excluding hydrogens is 363 g/mol. The van der Waals surface area contributed by atoms with Crippen LogP contribution in [0.1, 0.15) is 18.4 Å². The van der Waals surface area contributed by atoms with E-state index in [0.29, 0.717) is 28.4 Å². The van der Waals surface area contributed by atoms with Crippen LogP contribution in [0.3, 0.4) is 0 Å². The molecule has 5 nitrogen and oxygen atoms in total. The van der Waals surface area contributed by atoms with Crippen LogP contribution in [0.4, 0.5) is 24.1 Å². The van der Waals surface area contributed by atoms with Gasteiger partial charge in [-0.2, -0.15) is 18.3 Å². The number of unbranched alkanes of at least 4 members (excludes halogenated alkanes) is 1. The van der Waals surface area contributed by atoms with Gasteiger partial charge >= 0.3 is 6.18 Å². The fraction of sp³-hybridized carbons (Fsp3) is 0.412. The van der Waals surface area contributed by atoms with E-state index < -0.39 is 11.7 Å². The first-order valence-corrected chi connectivity index (χ1v) is 9.11. The molecule has 0 amide bonds. The summed E-state index contributed by atoms with van der Waals surface area (Å²) in [6, 6.07) is 3.74. The van der Waals surface area contributed by atoms with Gasteiger partial charge in [-0.15, -0.1) is 11.3 Å². The fourth-order valence-corrected chi connectivity index (χ4v) is 3.22. The van der Waals surface area contributed by atoms with Crippen molar-refractivity contribution in [1.82, 2.24) is 19.7 Å². The van der Waals surface area contributed by atoms with E-state index >= 15 is 0 Å². The van der Waals surface area contributed by atoms with Gasteiger partial charge in [-0.25, -0.2) is 4.98 Å². The molecule has 0 aliphatic heterocycles. The average molecular weight is 383 g/mol. The molecule has 0 saturated carbocycles. The number of alkyl halides is 3. The Morgan fingerprint density at radius 3 is 2.69 bits per heavy atom. The van der Waals surface area contributed by atoms with Crippen LogP contribution >= 0.6 is 11.3 Å². The molecule has 9 heteroatoms. The Labute approximate surface area is 153 Å². The van der Waals surface area contributed by atoms with Crippen LogP contribution in [0.5, 0.6) is 0 Å². The molecule has 0 atom stereocenters. The van der Waals surface area contributed by atoms with Crippen molar-refractivity contribution < 1.29 is 13.2 Å². The summed E-state index contributed by atoms with van der Waals surface area (Å²) < 4.78 is 41.0. The van der Waals surface area contributed by atoms with Crippen LogP contribution in [0.25, 0.3) is 10.9 Å². The number of benzene rings is 1. The van der Waals surface area contributed by atoms with Gasteiger partial charge in [0.15, 0.2) is 10.9 Å². The minimum Gasteiger partial charge on any atom is -0.314 e. The van der Waals surface area contributed by atoms with E-state index in [4.69, 9.17) is 0 Å². The zero-order chi connectivity index (χ0) is 18.7. The second-order valence-electron chi connectivity index (χ2n) is 6.27. The lowest BCUT2D eigenvalue weighted by atomic mass is 10.1. The van der Waals surface area contributed by atoms with Crippen molar-refractivity contribution in [3.8, 4) is 0 Å². The number of aromatic nitrogens is 3. The maximum atomic E-state index is 13.1.